The van der Waals surface area contributed by atoms with E-state index in [0.717, 1.165) is 14.2 Å². The van der Waals surface area contributed by atoms with Gasteiger partial charge in [0.15, 0.2) is 5.78 Å². The molecule has 5 amide bonds. The lowest BCUT2D eigenvalue weighted by molar-refractivity contribution is -0.144. The number of benzene rings is 1. The molecule has 1 rings (SSSR count). The number of ketones is 1. The molecule has 0 heterocycles. The number of alkyl halides is 1. The summed E-state index contributed by atoms with van der Waals surface area (Å²) in [6.45, 7) is 6.17. The molecule has 1 aromatic carbocycles. The molecule has 5 atom stereocenters. The monoisotopic (exact) mass is 695 g/mol. The fraction of sp³-hybridized carbons (Fsp3) is 0.562. The Morgan fingerprint density at radius 2 is 1.12 bits per heavy atom. The first kappa shape index (κ1) is 41.9. The van der Waals surface area contributed by atoms with Crippen LogP contribution in [0, 0.1) is 11.8 Å². The molecule has 0 aromatic heterocycles. The Morgan fingerprint density at radius 3 is 1.63 bits per heavy atom. The van der Waals surface area contributed by atoms with Gasteiger partial charge in [-0.05, 0) is 24.3 Å². The summed E-state index contributed by atoms with van der Waals surface area (Å²) in [6, 6.07) is 1.93. The van der Waals surface area contributed by atoms with Crippen LogP contribution in [0.3, 0.4) is 0 Å². The van der Waals surface area contributed by atoms with Gasteiger partial charge >= 0.3 is 18.0 Å². The van der Waals surface area contributed by atoms with Gasteiger partial charge in [-0.3, -0.25) is 33.6 Å². The van der Waals surface area contributed by atoms with Gasteiger partial charge in [-0.2, -0.15) is 0 Å². The fourth-order valence-electron chi connectivity index (χ4n) is 4.19. The number of nitrogens with one attached hydrogen (secondary N) is 5. The second-order valence-corrected chi connectivity index (χ2v) is 11.7. The molecule has 0 radical (unpaired) electrons. The number of alkyl carbamates (subject to hydrolysis) is 1. The molecule has 17 heteroatoms. The van der Waals surface area contributed by atoms with Crippen molar-refractivity contribution >= 4 is 47.4 Å². The van der Waals surface area contributed by atoms with Crippen molar-refractivity contribution in [2.75, 3.05) is 20.9 Å². The van der Waals surface area contributed by atoms with E-state index in [1.807, 2.05) is 0 Å². The smallest absolute Gasteiger partial charge is 0.408 e. The normalized spacial score (nSPS) is 13.8. The van der Waals surface area contributed by atoms with Crippen molar-refractivity contribution in [3.05, 3.63) is 35.9 Å². The van der Waals surface area contributed by atoms with Crippen molar-refractivity contribution < 1.29 is 57.0 Å². The number of amides is 5. The maximum atomic E-state index is 13.4. The molecule has 0 saturated heterocycles. The van der Waals surface area contributed by atoms with Crippen molar-refractivity contribution in [1.82, 2.24) is 26.6 Å². The summed E-state index contributed by atoms with van der Waals surface area (Å²) in [4.78, 5) is 101. The van der Waals surface area contributed by atoms with Gasteiger partial charge in [0.25, 0.3) is 0 Å². The van der Waals surface area contributed by atoms with Crippen LogP contribution in [0.1, 0.15) is 53.0 Å². The molecule has 0 spiro atoms. The highest BCUT2D eigenvalue weighted by Gasteiger charge is 2.34. The Hall–Kier alpha value is -5.09. The van der Waals surface area contributed by atoms with Crippen molar-refractivity contribution in [2.45, 2.75) is 84.3 Å². The van der Waals surface area contributed by atoms with Gasteiger partial charge in [-0.15, -0.1) is 0 Å². The van der Waals surface area contributed by atoms with Crippen LogP contribution in [0.5, 0.6) is 0 Å². The topological polar surface area (TPSA) is 224 Å². The number of ether oxygens (including phenoxy) is 3. The van der Waals surface area contributed by atoms with E-state index in [9.17, 15) is 42.7 Å². The van der Waals surface area contributed by atoms with Crippen LogP contribution >= 0.6 is 0 Å². The minimum Gasteiger partial charge on any atom is -0.469 e. The van der Waals surface area contributed by atoms with Gasteiger partial charge in [0.05, 0.1) is 27.1 Å². The van der Waals surface area contributed by atoms with Gasteiger partial charge < -0.3 is 40.8 Å². The number of hydrogen-bond acceptors (Lipinski definition) is 11. The molecule has 1 aromatic rings. The number of carbonyl (C=O) groups is 8. The van der Waals surface area contributed by atoms with E-state index in [0.29, 0.717) is 5.56 Å². The zero-order valence-electron chi connectivity index (χ0n) is 28.6. The molecular weight excluding hydrogens is 649 g/mol. The van der Waals surface area contributed by atoms with E-state index in [-0.39, 0.29) is 6.61 Å². The molecule has 0 unspecified atom stereocenters. The van der Waals surface area contributed by atoms with Crippen LogP contribution in [0.25, 0.3) is 0 Å². The van der Waals surface area contributed by atoms with Crippen molar-refractivity contribution in [3.8, 4) is 0 Å². The van der Waals surface area contributed by atoms with Crippen LogP contribution in [-0.4, -0.2) is 98.5 Å². The zero-order chi connectivity index (χ0) is 37.3. The van der Waals surface area contributed by atoms with Gasteiger partial charge in [0, 0.05) is 0 Å². The average molecular weight is 696 g/mol. The summed E-state index contributed by atoms with van der Waals surface area (Å²) in [5, 5.41) is 11.9. The third-order valence-corrected chi connectivity index (χ3v) is 7.10. The molecule has 0 aliphatic carbocycles. The molecule has 0 aliphatic heterocycles. The molecule has 0 fully saturated rings. The largest absolute Gasteiger partial charge is 0.469 e. The van der Waals surface area contributed by atoms with Crippen LogP contribution in [0.15, 0.2) is 30.3 Å². The van der Waals surface area contributed by atoms with E-state index < -0.39 is 109 Å². The van der Waals surface area contributed by atoms with E-state index in [4.69, 9.17) is 4.74 Å². The highest BCUT2D eigenvalue weighted by molar-refractivity contribution is 5.98. The van der Waals surface area contributed by atoms with Crippen LogP contribution in [0.2, 0.25) is 0 Å². The Kier molecular flexibility index (Phi) is 18.0. The number of rotatable bonds is 19. The predicted molar refractivity (Wildman–Crippen MR) is 171 cm³/mol. The van der Waals surface area contributed by atoms with Gasteiger partial charge in [-0.1, -0.05) is 58.0 Å². The summed E-state index contributed by atoms with van der Waals surface area (Å²) in [5.41, 5.74) is 0.714. The second kappa shape index (κ2) is 21.0. The van der Waals surface area contributed by atoms with Gasteiger partial charge in [0.1, 0.15) is 43.5 Å². The minimum atomic E-state index is -1.55. The first-order chi connectivity index (χ1) is 23.0. The van der Waals surface area contributed by atoms with Gasteiger partial charge in [0.2, 0.25) is 23.6 Å². The fourth-order valence-corrected chi connectivity index (χ4v) is 4.19. The van der Waals surface area contributed by atoms with E-state index >= 15 is 0 Å². The maximum Gasteiger partial charge on any atom is 0.408 e. The summed E-state index contributed by atoms with van der Waals surface area (Å²) < 4.78 is 27.3. The highest BCUT2D eigenvalue weighted by atomic mass is 19.1. The Labute approximate surface area is 283 Å². The van der Waals surface area contributed by atoms with Crippen molar-refractivity contribution in [3.63, 3.8) is 0 Å². The molecule has 16 nitrogen and oxygen atoms in total. The summed E-state index contributed by atoms with van der Waals surface area (Å²) >= 11 is 0. The molecule has 0 bridgehead atoms. The van der Waals surface area contributed by atoms with E-state index in [1.54, 1.807) is 58.0 Å². The van der Waals surface area contributed by atoms with Crippen molar-refractivity contribution in [2.24, 2.45) is 11.8 Å². The molecule has 272 valence electrons. The maximum absolute atomic E-state index is 13.4. The lowest BCUT2D eigenvalue weighted by Gasteiger charge is -2.28. The Morgan fingerprint density at radius 1 is 0.633 bits per heavy atom. The Balaban J connectivity index is 3.03. The first-order valence-corrected chi connectivity index (χ1v) is 15.4. The number of hydrogen-bond donors (Lipinski definition) is 5. The molecule has 0 aliphatic rings. The first-order valence-electron chi connectivity index (χ1n) is 15.4. The number of carbonyl (C=O) groups excluding carboxylic acids is 8. The molecule has 5 N–H and O–H groups in total. The third kappa shape index (κ3) is 14.7. The summed E-state index contributed by atoms with van der Waals surface area (Å²) in [7, 11) is 2.13. The molecule has 0 saturated carbocycles. The molecular formula is C32H46FN5O11. The lowest BCUT2D eigenvalue weighted by atomic mass is 10.0. The highest BCUT2D eigenvalue weighted by Crippen LogP contribution is 2.09. The third-order valence-electron chi connectivity index (χ3n) is 7.10. The van der Waals surface area contributed by atoms with Crippen LogP contribution < -0.4 is 26.6 Å². The number of esters is 2. The quantitative estimate of drug-likeness (QED) is 0.0972. The number of halogens is 1. The van der Waals surface area contributed by atoms with E-state index in [1.165, 1.54) is 6.92 Å². The lowest BCUT2D eigenvalue weighted by Crippen LogP contribution is -2.60. The van der Waals surface area contributed by atoms with Crippen LogP contribution in [0.4, 0.5) is 9.18 Å². The average Bonchev–Trinajstić information content (AvgIpc) is 3.06. The van der Waals surface area contributed by atoms with Crippen LogP contribution in [-0.2, 0) is 54.4 Å². The second-order valence-electron chi connectivity index (χ2n) is 11.7. The summed E-state index contributed by atoms with van der Waals surface area (Å²) in [6.07, 6.45) is -2.16. The standard InChI is InChI=1S/C32H46FN5O11/c1-17(2)26(30(44)34-19(5)28(42)35-21(23(39)15-33)13-24(40)47-6)37-29(43)22(14-25(41)48-7)36-31(45)27(18(3)4)38-32(46)49-16-20-11-9-8-10-12-20/h8-12,17-19,21-22,26-27H,13-16H2,1-7H3,(H,34,44)(H,35,42)(H,36,45)(H,37,43)(H,38,46)/t19-,21-,22+,26-,27+/m0/s1. The Bertz CT molecular complexity index is 1330. The van der Waals surface area contributed by atoms with E-state index in [2.05, 4.69) is 36.1 Å². The number of Topliss-reactive ketones (excluding diaryl/α,β-unsaturated/α-hetero) is 1. The van der Waals surface area contributed by atoms with Gasteiger partial charge in [-0.25, -0.2) is 9.18 Å². The zero-order valence-corrected chi connectivity index (χ0v) is 28.6. The van der Waals surface area contributed by atoms with Crippen molar-refractivity contribution in [1.29, 1.82) is 0 Å². The molecule has 49 heavy (non-hydrogen) atoms. The summed E-state index contributed by atoms with van der Waals surface area (Å²) in [5.74, 6) is -7.44. The predicted octanol–water partition coefficient (Wildman–Crippen LogP) is 0.217. The minimum absolute atomic E-state index is 0.0603. The number of methoxy groups -OCH3 is 2. The SMILES string of the molecule is COC(=O)C[C@H](NC(=O)[C@H](C)NC(=O)[C@@H](NC(=O)[C@@H](CC(=O)OC)NC(=O)[C@H](NC(=O)OCc1ccccc1)C(C)C)C(C)C)C(=O)CF.